The van der Waals surface area contributed by atoms with Crippen molar-refractivity contribution in [1.82, 2.24) is 4.98 Å². The maximum atomic E-state index is 4.18. The molecule has 1 fully saturated rings. The molecule has 1 aromatic rings. The predicted molar refractivity (Wildman–Crippen MR) is 59.4 cm³/mol. The number of aryl methyl sites for hydroxylation is 1. The molecule has 0 bridgehead atoms. The van der Waals surface area contributed by atoms with Gasteiger partial charge < -0.3 is 5.32 Å². The third-order valence-electron chi connectivity index (χ3n) is 3.34. The molecule has 0 amide bonds. The predicted octanol–water partition coefficient (Wildman–Crippen LogP) is 2.99. The van der Waals surface area contributed by atoms with Crippen LogP contribution in [-0.2, 0) is 0 Å². The summed E-state index contributed by atoms with van der Waals surface area (Å²) >= 11 is 0. The van der Waals surface area contributed by atoms with Gasteiger partial charge in [-0.05, 0) is 43.7 Å². The van der Waals surface area contributed by atoms with E-state index in [0.29, 0.717) is 11.5 Å². The lowest BCUT2D eigenvalue weighted by atomic mass is 10.0. The first-order valence-corrected chi connectivity index (χ1v) is 5.28. The number of nitrogens with one attached hydrogen (secondary N) is 1. The van der Waals surface area contributed by atoms with E-state index in [-0.39, 0.29) is 0 Å². The topological polar surface area (TPSA) is 24.9 Å². The quantitative estimate of drug-likeness (QED) is 0.792. The molecule has 76 valence electrons. The number of anilines is 1. The standard InChI is InChI=1S/C12H18N2/c1-9-6-11(8-13-7-9)14-10(2)12(3)4-5-12/h6-8,10,14H,4-5H2,1-3H3. The molecular weight excluding hydrogens is 172 g/mol. The van der Waals surface area contributed by atoms with Gasteiger partial charge in [-0.15, -0.1) is 0 Å². The Labute approximate surface area is 85.7 Å². The van der Waals surface area contributed by atoms with Gasteiger partial charge in [-0.2, -0.15) is 0 Å². The van der Waals surface area contributed by atoms with Gasteiger partial charge >= 0.3 is 0 Å². The fourth-order valence-electron chi connectivity index (χ4n) is 1.69. The first-order valence-electron chi connectivity index (χ1n) is 5.28. The summed E-state index contributed by atoms with van der Waals surface area (Å²) in [5.74, 6) is 0. The van der Waals surface area contributed by atoms with Gasteiger partial charge in [0.25, 0.3) is 0 Å². The Morgan fingerprint density at radius 2 is 2.14 bits per heavy atom. The van der Waals surface area contributed by atoms with Gasteiger partial charge in [0.15, 0.2) is 0 Å². The molecule has 1 aromatic heterocycles. The van der Waals surface area contributed by atoms with Crippen molar-refractivity contribution < 1.29 is 0 Å². The normalized spacial score (nSPS) is 20.2. The van der Waals surface area contributed by atoms with Crippen molar-refractivity contribution >= 4 is 5.69 Å². The summed E-state index contributed by atoms with van der Waals surface area (Å²) in [5, 5.41) is 3.52. The summed E-state index contributed by atoms with van der Waals surface area (Å²) < 4.78 is 0. The highest BCUT2D eigenvalue weighted by molar-refractivity contribution is 5.44. The minimum atomic E-state index is 0.518. The lowest BCUT2D eigenvalue weighted by Gasteiger charge is -2.21. The molecule has 1 unspecified atom stereocenters. The lowest BCUT2D eigenvalue weighted by molar-refractivity contribution is 0.493. The van der Waals surface area contributed by atoms with Crippen LogP contribution in [-0.4, -0.2) is 11.0 Å². The van der Waals surface area contributed by atoms with Crippen molar-refractivity contribution in [2.24, 2.45) is 5.41 Å². The van der Waals surface area contributed by atoms with Gasteiger partial charge in [-0.3, -0.25) is 4.98 Å². The molecule has 1 N–H and O–H groups in total. The molecule has 1 aliphatic rings. The molecule has 1 aliphatic carbocycles. The lowest BCUT2D eigenvalue weighted by Crippen LogP contribution is -2.24. The van der Waals surface area contributed by atoms with Gasteiger partial charge in [0.1, 0.15) is 0 Å². The van der Waals surface area contributed by atoms with Crippen LogP contribution < -0.4 is 5.32 Å². The Morgan fingerprint density at radius 3 is 2.71 bits per heavy atom. The minimum absolute atomic E-state index is 0.518. The second-order valence-corrected chi connectivity index (χ2v) is 4.77. The molecule has 0 radical (unpaired) electrons. The van der Waals surface area contributed by atoms with Crippen LogP contribution >= 0.6 is 0 Å². The Bertz CT molecular complexity index is 329. The largest absolute Gasteiger partial charge is 0.381 e. The molecule has 2 nitrogen and oxygen atoms in total. The highest BCUT2D eigenvalue weighted by atomic mass is 15.0. The Morgan fingerprint density at radius 1 is 1.43 bits per heavy atom. The van der Waals surface area contributed by atoms with E-state index in [1.165, 1.54) is 18.4 Å². The van der Waals surface area contributed by atoms with Crippen molar-refractivity contribution in [3.05, 3.63) is 24.0 Å². The van der Waals surface area contributed by atoms with E-state index in [4.69, 9.17) is 0 Å². The zero-order valence-corrected chi connectivity index (χ0v) is 9.17. The van der Waals surface area contributed by atoms with Crippen molar-refractivity contribution in [2.75, 3.05) is 5.32 Å². The SMILES string of the molecule is Cc1cncc(NC(C)C2(C)CC2)c1. The van der Waals surface area contributed by atoms with Crippen LogP contribution in [0, 0.1) is 12.3 Å². The van der Waals surface area contributed by atoms with Crippen molar-refractivity contribution in [3.63, 3.8) is 0 Å². The van der Waals surface area contributed by atoms with Crippen LogP contribution in [0.25, 0.3) is 0 Å². The molecule has 0 aromatic carbocycles. The monoisotopic (exact) mass is 190 g/mol. The average molecular weight is 190 g/mol. The third-order valence-corrected chi connectivity index (χ3v) is 3.34. The van der Waals surface area contributed by atoms with Gasteiger partial charge in [-0.1, -0.05) is 6.92 Å². The molecule has 2 heteroatoms. The Hall–Kier alpha value is -1.05. The minimum Gasteiger partial charge on any atom is -0.381 e. The molecule has 1 heterocycles. The van der Waals surface area contributed by atoms with E-state index in [1.54, 1.807) is 0 Å². The van der Waals surface area contributed by atoms with E-state index in [0.717, 1.165) is 5.69 Å². The van der Waals surface area contributed by atoms with Crippen molar-refractivity contribution in [1.29, 1.82) is 0 Å². The summed E-state index contributed by atoms with van der Waals surface area (Å²) in [6.07, 6.45) is 6.48. The first kappa shape index (κ1) is 9.50. The van der Waals surface area contributed by atoms with Crippen LogP contribution in [0.3, 0.4) is 0 Å². The van der Waals surface area contributed by atoms with E-state index >= 15 is 0 Å². The van der Waals surface area contributed by atoms with Crippen LogP contribution in [0.4, 0.5) is 5.69 Å². The maximum Gasteiger partial charge on any atom is 0.0531 e. The summed E-state index contributed by atoms with van der Waals surface area (Å²) in [7, 11) is 0. The van der Waals surface area contributed by atoms with Gasteiger partial charge in [-0.25, -0.2) is 0 Å². The maximum absolute atomic E-state index is 4.18. The molecule has 0 saturated heterocycles. The zero-order valence-electron chi connectivity index (χ0n) is 9.17. The second-order valence-electron chi connectivity index (χ2n) is 4.77. The molecule has 0 spiro atoms. The smallest absolute Gasteiger partial charge is 0.0531 e. The van der Waals surface area contributed by atoms with Crippen molar-refractivity contribution in [3.8, 4) is 0 Å². The fraction of sp³-hybridized carbons (Fsp3) is 0.583. The van der Waals surface area contributed by atoms with Gasteiger partial charge in [0.05, 0.1) is 5.69 Å². The molecule has 2 rings (SSSR count). The number of hydrogen-bond donors (Lipinski definition) is 1. The number of pyridine rings is 1. The summed E-state index contributed by atoms with van der Waals surface area (Å²) in [6, 6.07) is 2.70. The number of aromatic nitrogens is 1. The van der Waals surface area contributed by atoms with Gasteiger partial charge in [0, 0.05) is 18.4 Å². The third kappa shape index (κ3) is 1.89. The van der Waals surface area contributed by atoms with Crippen LogP contribution in [0.5, 0.6) is 0 Å². The molecule has 1 saturated carbocycles. The van der Waals surface area contributed by atoms with Crippen LogP contribution in [0.15, 0.2) is 18.5 Å². The van der Waals surface area contributed by atoms with E-state index in [2.05, 4.69) is 37.1 Å². The van der Waals surface area contributed by atoms with Crippen LogP contribution in [0.2, 0.25) is 0 Å². The highest BCUT2D eigenvalue weighted by Crippen LogP contribution is 2.48. The second kappa shape index (κ2) is 3.26. The molecule has 0 aliphatic heterocycles. The van der Waals surface area contributed by atoms with Crippen LogP contribution in [0.1, 0.15) is 32.3 Å². The first-order chi connectivity index (χ1) is 6.60. The Kier molecular flexibility index (Phi) is 2.22. The molecule has 14 heavy (non-hydrogen) atoms. The van der Waals surface area contributed by atoms with Gasteiger partial charge in [0.2, 0.25) is 0 Å². The number of rotatable bonds is 3. The molecular formula is C12H18N2. The number of nitrogens with zero attached hydrogens (tertiary/aromatic N) is 1. The summed E-state index contributed by atoms with van der Waals surface area (Å²) in [6.45, 7) is 6.67. The summed E-state index contributed by atoms with van der Waals surface area (Å²) in [4.78, 5) is 4.18. The number of hydrogen-bond acceptors (Lipinski definition) is 2. The van der Waals surface area contributed by atoms with Crippen molar-refractivity contribution in [2.45, 2.75) is 39.7 Å². The van der Waals surface area contributed by atoms with E-state index in [1.807, 2.05) is 12.4 Å². The summed E-state index contributed by atoms with van der Waals surface area (Å²) in [5.41, 5.74) is 2.87. The van der Waals surface area contributed by atoms with E-state index in [9.17, 15) is 0 Å². The van der Waals surface area contributed by atoms with E-state index < -0.39 is 0 Å². The highest BCUT2D eigenvalue weighted by Gasteiger charge is 2.42. The Balaban J connectivity index is 2.03. The fourth-order valence-corrected chi connectivity index (χ4v) is 1.69. The molecule has 1 atom stereocenters. The zero-order chi connectivity index (χ0) is 10.2. The average Bonchev–Trinajstić information content (AvgIpc) is 2.85.